The number of ether oxygens (including phenoxy) is 1. The van der Waals surface area contributed by atoms with E-state index in [1.807, 2.05) is 18.2 Å². The van der Waals surface area contributed by atoms with E-state index in [2.05, 4.69) is 14.9 Å². The third kappa shape index (κ3) is 3.40. The third-order valence-electron chi connectivity index (χ3n) is 3.61. The molecule has 6 nitrogen and oxygen atoms in total. The predicted molar refractivity (Wildman–Crippen MR) is 80.5 cm³/mol. The quantitative estimate of drug-likeness (QED) is 0.877. The average molecular weight is 299 g/mol. The van der Waals surface area contributed by atoms with Gasteiger partial charge in [0.1, 0.15) is 5.75 Å². The first kappa shape index (κ1) is 14.5. The summed E-state index contributed by atoms with van der Waals surface area (Å²) >= 11 is 0. The number of rotatable bonds is 6. The zero-order valence-electron chi connectivity index (χ0n) is 12.1. The summed E-state index contributed by atoms with van der Waals surface area (Å²) in [7, 11) is 0. The van der Waals surface area contributed by atoms with Gasteiger partial charge in [0, 0.05) is 30.1 Å². The van der Waals surface area contributed by atoms with Gasteiger partial charge in [-0.15, -0.1) is 0 Å². The van der Waals surface area contributed by atoms with Gasteiger partial charge in [0.2, 0.25) is 0 Å². The first-order valence-corrected chi connectivity index (χ1v) is 7.18. The van der Waals surface area contributed by atoms with Gasteiger partial charge in [-0.1, -0.05) is 0 Å². The fraction of sp³-hybridized carbons (Fsp3) is 0.312. The van der Waals surface area contributed by atoms with Crippen molar-refractivity contribution in [3.63, 3.8) is 0 Å². The van der Waals surface area contributed by atoms with E-state index in [0.29, 0.717) is 5.75 Å². The molecular formula is C16H17N3O3. The molecule has 0 unspecified atom stereocenters. The fourth-order valence-corrected chi connectivity index (χ4v) is 2.37. The van der Waals surface area contributed by atoms with Crippen molar-refractivity contribution in [1.82, 2.24) is 14.9 Å². The van der Waals surface area contributed by atoms with Crippen LogP contribution in [0.4, 0.5) is 0 Å². The second-order valence-corrected chi connectivity index (χ2v) is 5.23. The molecule has 1 fully saturated rings. The highest BCUT2D eigenvalue weighted by molar-refractivity contribution is 5.69. The molecule has 1 aromatic carbocycles. The summed E-state index contributed by atoms with van der Waals surface area (Å²) in [6.07, 6.45) is 6.20. The first-order chi connectivity index (χ1) is 10.7. The highest BCUT2D eigenvalue weighted by atomic mass is 16.5. The number of aromatic nitrogens is 2. The van der Waals surface area contributed by atoms with Crippen LogP contribution in [-0.2, 0) is 11.3 Å². The maximum absolute atomic E-state index is 10.7. The normalized spacial score (nSPS) is 14.4. The van der Waals surface area contributed by atoms with E-state index in [9.17, 15) is 4.79 Å². The van der Waals surface area contributed by atoms with Gasteiger partial charge in [-0.05, 0) is 37.7 Å². The summed E-state index contributed by atoms with van der Waals surface area (Å²) < 4.78 is 5.40. The molecule has 0 radical (unpaired) electrons. The number of nitrogens with zero attached hydrogens (tertiary/aromatic N) is 3. The van der Waals surface area contributed by atoms with Gasteiger partial charge in [0.25, 0.3) is 0 Å². The van der Waals surface area contributed by atoms with Gasteiger partial charge in [-0.2, -0.15) is 0 Å². The molecule has 0 atom stereocenters. The van der Waals surface area contributed by atoms with E-state index in [4.69, 9.17) is 9.84 Å². The number of aliphatic carboxylic acids is 1. The minimum absolute atomic E-state index is 0.336. The minimum Gasteiger partial charge on any atom is -0.482 e. The van der Waals surface area contributed by atoms with Crippen molar-refractivity contribution in [2.75, 3.05) is 19.7 Å². The van der Waals surface area contributed by atoms with E-state index in [-0.39, 0.29) is 6.61 Å². The topological polar surface area (TPSA) is 75.5 Å². The summed E-state index contributed by atoms with van der Waals surface area (Å²) in [5, 5.41) is 8.78. The average Bonchev–Trinajstić information content (AvgIpc) is 2.50. The molecule has 22 heavy (non-hydrogen) atoms. The monoisotopic (exact) mass is 299 g/mol. The Labute approximate surface area is 128 Å². The number of hydrogen-bond donors (Lipinski definition) is 1. The highest BCUT2D eigenvalue weighted by Crippen LogP contribution is 2.27. The zero-order valence-corrected chi connectivity index (χ0v) is 12.1. The van der Waals surface area contributed by atoms with E-state index in [1.54, 1.807) is 18.6 Å². The summed E-state index contributed by atoms with van der Waals surface area (Å²) in [4.78, 5) is 21.4. The van der Waals surface area contributed by atoms with Crippen LogP contribution in [-0.4, -0.2) is 45.6 Å². The minimum atomic E-state index is -0.979. The van der Waals surface area contributed by atoms with Crippen LogP contribution in [0.5, 0.6) is 5.75 Å². The van der Waals surface area contributed by atoms with Crippen LogP contribution in [0.3, 0.4) is 0 Å². The summed E-state index contributed by atoms with van der Waals surface area (Å²) in [6.45, 7) is 2.54. The van der Waals surface area contributed by atoms with Crippen molar-refractivity contribution in [3.05, 3.63) is 42.4 Å². The number of likely N-dealkylation sites (tertiary alicyclic amines) is 1. The van der Waals surface area contributed by atoms with Gasteiger partial charge < -0.3 is 9.84 Å². The van der Waals surface area contributed by atoms with Crippen molar-refractivity contribution in [2.24, 2.45) is 0 Å². The van der Waals surface area contributed by atoms with Crippen molar-refractivity contribution < 1.29 is 14.6 Å². The van der Waals surface area contributed by atoms with Crippen LogP contribution in [0.15, 0.2) is 36.8 Å². The Hall–Kier alpha value is -2.47. The second-order valence-electron chi connectivity index (χ2n) is 5.23. The Kier molecular flexibility index (Phi) is 4.29. The molecule has 1 aliphatic rings. The number of carboxylic acids is 1. The van der Waals surface area contributed by atoms with Crippen LogP contribution in [0.1, 0.15) is 12.0 Å². The number of carbonyl (C=O) groups is 1. The van der Waals surface area contributed by atoms with Crippen LogP contribution >= 0.6 is 0 Å². The maximum Gasteiger partial charge on any atom is 0.341 e. The lowest BCUT2D eigenvalue weighted by atomic mass is 10.1. The van der Waals surface area contributed by atoms with Gasteiger partial charge in [0.05, 0.1) is 11.9 Å². The Morgan fingerprint density at radius 1 is 1.32 bits per heavy atom. The fourth-order valence-electron chi connectivity index (χ4n) is 2.37. The van der Waals surface area contributed by atoms with Crippen LogP contribution in [0.25, 0.3) is 11.3 Å². The molecule has 0 aliphatic carbocycles. The molecular weight excluding hydrogens is 282 g/mol. The molecule has 1 N–H and O–H groups in total. The lowest BCUT2D eigenvalue weighted by Gasteiger charge is -2.31. The molecule has 2 aromatic rings. The maximum atomic E-state index is 10.7. The van der Waals surface area contributed by atoms with Crippen molar-refractivity contribution in [1.29, 1.82) is 0 Å². The van der Waals surface area contributed by atoms with Gasteiger partial charge in [-0.25, -0.2) is 4.79 Å². The van der Waals surface area contributed by atoms with E-state index >= 15 is 0 Å². The zero-order chi connectivity index (χ0) is 15.4. The lowest BCUT2D eigenvalue weighted by molar-refractivity contribution is -0.139. The smallest absolute Gasteiger partial charge is 0.341 e. The molecule has 6 heteroatoms. The number of benzene rings is 1. The molecule has 0 spiro atoms. The molecule has 1 aromatic heterocycles. The van der Waals surface area contributed by atoms with Crippen LogP contribution < -0.4 is 4.74 Å². The summed E-state index contributed by atoms with van der Waals surface area (Å²) in [5.74, 6) is -0.366. The van der Waals surface area contributed by atoms with Gasteiger partial charge >= 0.3 is 5.97 Å². The van der Waals surface area contributed by atoms with Crippen molar-refractivity contribution in [2.45, 2.75) is 13.0 Å². The molecule has 0 bridgehead atoms. The largest absolute Gasteiger partial charge is 0.482 e. The summed E-state index contributed by atoms with van der Waals surface area (Å²) in [6, 6.07) is 5.68. The van der Waals surface area contributed by atoms with Crippen LogP contribution in [0, 0.1) is 0 Å². The first-order valence-electron chi connectivity index (χ1n) is 7.18. The van der Waals surface area contributed by atoms with Crippen molar-refractivity contribution in [3.8, 4) is 17.0 Å². The molecule has 1 aliphatic heterocycles. The van der Waals surface area contributed by atoms with E-state index < -0.39 is 5.97 Å². The Morgan fingerprint density at radius 2 is 2.18 bits per heavy atom. The van der Waals surface area contributed by atoms with E-state index in [1.165, 1.54) is 6.42 Å². The molecule has 0 amide bonds. The molecule has 1 saturated heterocycles. The number of hydrogen-bond acceptors (Lipinski definition) is 5. The molecule has 114 valence electrons. The third-order valence-corrected chi connectivity index (χ3v) is 3.61. The van der Waals surface area contributed by atoms with E-state index in [0.717, 1.165) is 36.5 Å². The summed E-state index contributed by atoms with van der Waals surface area (Å²) in [5.41, 5.74) is 2.72. The lowest BCUT2D eigenvalue weighted by Crippen LogP contribution is -2.36. The standard InChI is InChI=1S/C16H17N3O3/c20-16(21)11-22-15-3-2-12(14-9-17-4-5-18-14)8-13(15)10-19-6-1-7-19/h2-5,8-9H,1,6-7,10-11H2,(H,20,21). The van der Waals surface area contributed by atoms with Crippen LogP contribution in [0.2, 0.25) is 0 Å². The SMILES string of the molecule is O=C(O)COc1ccc(-c2cnccn2)cc1CN1CCC1. The molecule has 3 rings (SSSR count). The molecule has 0 saturated carbocycles. The Bertz CT molecular complexity index is 657. The number of carboxylic acid groups (broad SMARTS) is 1. The second kappa shape index (κ2) is 6.53. The Balaban J connectivity index is 1.87. The predicted octanol–water partition coefficient (Wildman–Crippen LogP) is 1.81. The van der Waals surface area contributed by atoms with Crippen molar-refractivity contribution >= 4 is 5.97 Å². The van der Waals surface area contributed by atoms with Gasteiger partial charge in [-0.3, -0.25) is 14.9 Å². The van der Waals surface area contributed by atoms with Gasteiger partial charge in [0.15, 0.2) is 6.61 Å². The highest BCUT2D eigenvalue weighted by Gasteiger charge is 2.17. The molecule has 2 heterocycles. The Morgan fingerprint density at radius 3 is 2.82 bits per heavy atom.